The van der Waals surface area contributed by atoms with Gasteiger partial charge in [-0.25, -0.2) is 9.78 Å². The van der Waals surface area contributed by atoms with Gasteiger partial charge in [0, 0.05) is 50.3 Å². The number of benzene rings is 1. The van der Waals surface area contributed by atoms with Crippen molar-refractivity contribution in [3.8, 4) is 17.0 Å². The van der Waals surface area contributed by atoms with Crippen molar-refractivity contribution in [2.24, 2.45) is 5.73 Å². The van der Waals surface area contributed by atoms with E-state index in [4.69, 9.17) is 15.2 Å². The molecule has 12 nitrogen and oxygen atoms in total. The predicted octanol–water partition coefficient (Wildman–Crippen LogP) is 1.74. The van der Waals surface area contributed by atoms with Crippen LogP contribution in [0.25, 0.3) is 11.3 Å². The largest absolute Gasteiger partial charge is 0.493 e. The minimum absolute atomic E-state index is 0.0272. The lowest BCUT2D eigenvalue weighted by Gasteiger charge is -2.35. The van der Waals surface area contributed by atoms with Crippen molar-refractivity contribution in [1.82, 2.24) is 20.1 Å². The number of nitrogens with one attached hydrogen (secondary N) is 1. The monoisotopic (exact) mass is 541 g/mol. The van der Waals surface area contributed by atoms with Gasteiger partial charge in [-0.3, -0.25) is 14.4 Å². The number of hydrogen-bond acceptors (Lipinski definition) is 8. The molecule has 0 saturated carbocycles. The first-order chi connectivity index (χ1) is 18.8. The summed E-state index contributed by atoms with van der Waals surface area (Å²) in [6.07, 6.45) is -0.241. The highest BCUT2D eigenvalue weighted by molar-refractivity contribution is 5.97. The number of aromatic nitrogens is 1. The van der Waals surface area contributed by atoms with E-state index in [9.17, 15) is 24.3 Å². The molecule has 2 aromatic rings. The molecule has 0 spiro atoms. The molecule has 3 amide bonds. The van der Waals surface area contributed by atoms with Gasteiger partial charge in [0.25, 0.3) is 5.91 Å². The molecule has 1 aliphatic rings. The zero-order valence-corrected chi connectivity index (χ0v) is 22.0. The predicted molar refractivity (Wildman–Crippen MR) is 142 cm³/mol. The van der Waals surface area contributed by atoms with Crippen LogP contribution in [0.15, 0.2) is 42.5 Å². The van der Waals surface area contributed by atoms with Crippen LogP contribution in [0.5, 0.6) is 5.75 Å². The molecule has 0 aliphatic carbocycles. The quantitative estimate of drug-likeness (QED) is 0.339. The van der Waals surface area contributed by atoms with Crippen molar-refractivity contribution < 1.29 is 33.8 Å². The van der Waals surface area contributed by atoms with E-state index in [1.807, 2.05) is 30.3 Å². The van der Waals surface area contributed by atoms with Crippen LogP contribution < -0.4 is 15.8 Å². The van der Waals surface area contributed by atoms with Gasteiger partial charge in [0.15, 0.2) is 0 Å². The number of carbonyl (C=O) groups excluding carboxylic acids is 3. The Morgan fingerprint density at radius 3 is 2.41 bits per heavy atom. The first kappa shape index (κ1) is 29.4. The number of nitrogens with zero attached hydrogens (tertiary/aromatic N) is 3. The summed E-state index contributed by atoms with van der Waals surface area (Å²) in [5.41, 5.74) is 6.87. The van der Waals surface area contributed by atoms with Crippen LogP contribution in [0, 0.1) is 0 Å². The fourth-order valence-corrected chi connectivity index (χ4v) is 4.04. The zero-order valence-electron chi connectivity index (χ0n) is 22.0. The number of rotatable bonds is 12. The summed E-state index contributed by atoms with van der Waals surface area (Å²) in [6.45, 7) is 3.78. The molecule has 1 aromatic heterocycles. The highest BCUT2D eigenvalue weighted by atomic mass is 16.6. The number of carboxylic acids is 1. The molecule has 4 N–H and O–H groups in total. The van der Waals surface area contributed by atoms with Gasteiger partial charge < -0.3 is 35.4 Å². The van der Waals surface area contributed by atoms with Gasteiger partial charge in [0.05, 0.1) is 18.9 Å². The second-order valence-corrected chi connectivity index (χ2v) is 8.90. The number of carbonyl (C=O) groups is 4. The van der Waals surface area contributed by atoms with Crippen LogP contribution in [-0.4, -0.2) is 95.7 Å². The van der Waals surface area contributed by atoms with Gasteiger partial charge in [-0.2, -0.15) is 0 Å². The summed E-state index contributed by atoms with van der Waals surface area (Å²) in [7, 11) is 0. The Bertz CT molecular complexity index is 1140. The highest BCUT2D eigenvalue weighted by Gasteiger charge is 2.31. The number of amides is 3. The highest BCUT2D eigenvalue weighted by Crippen LogP contribution is 2.24. The van der Waals surface area contributed by atoms with Crippen molar-refractivity contribution in [2.75, 3.05) is 45.9 Å². The number of ether oxygens (including phenoxy) is 2. The molecule has 2 heterocycles. The van der Waals surface area contributed by atoms with Crippen LogP contribution in [-0.2, 0) is 14.3 Å². The van der Waals surface area contributed by atoms with E-state index in [1.54, 1.807) is 13.0 Å². The number of carboxylic acid groups (broad SMARTS) is 1. The molecule has 0 unspecified atom stereocenters. The van der Waals surface area contributed by atoms with Crippen molar-refractivity contribution in [3.05, 3.63) is 48.2 Å². The second kappa shape index (κ2) is 14.7. The number of hydrogen-bond donors (Lipinski definition) is 3. The Hall–Kier alpha value is -4.19. The van der Waals surface area contributed by atoms with Crippen LogP contribution in [0.3, 0.4) is 0 Å². The Morgan fingerprint density at radius 1 is 1.08 bits per heavy atom. The van der Waals surface area contributed by atoms with Gasteiger partial charge in [0.2, 0.25) is 5.91 Å². The summed E-state index contributed by atoms with van der Waals surface area (Å²) in [4.78, 5) is 57.4. The minimum atomic E-state index is -1.09. The fraction of sp³-hybridized carbons (Fsp3) is 0.444. The van der Waals surface area contributed by atoms with Gasteiger partial charge in [-0.15, -0.1) is 0 Å². The van der Waals surface area contributed by atoms with Gasteiger partial charge in [0.1, 0.15) is 17.5 Å². The topological polar surface area (TPSA) is 164 Å². The fourth-order valence-electron chi connectivity index (χ4n) is 4.04. The van der Waals surface area contributed by atoms with Crippen molar-refractivity contribution in [3.63, 3.8) is 0 Å². The Kier molecular flexibility index (Phi) is 11.0. The first-order valence-corrected chi connectivity index (χ1v) is 13.0. The molecule has 3 rings (SSSR count). The average Bonchev–Trinajstić information content (AvgIpc) is 2.95. The number of piperazine rings is 1. The van der Waals surface area contributed by atoms with Crippen LogP contribution in [0.1, 0.15) is 36.7 Å². The van der Waals surface area contributed by atoms with E-state index in [-0.39, 0.29) is 51.3 Å². The van der Waals surface area contributed by atoms with E-state index < -0.39 is 29.9 Å². The lowest BCUT2D eigenvalue weighted by atomic mass is 10.1. The van der Waals surface area contributed by atoms with E-state index in [0.717, 1.165) is 5.56 Å². The second-order valence-electron chi connectivity index (χ2n) is 8.90. The third-order valence-corrected chi connectivity index (χ3v) is 6.09. The first-order valence-electron chi connectivity index (χ1n) is 13.0. The summed E-state index contributed by atoms with van der Waals surface area (Å²) in [6, 6.07) is 11.4. The molecule has 12 heteroatoms. The van der Waals surface area contributed by atoms with Crippen molar-refractivity contribution in [2.45, 2.75) is 32.2 Å². The molecule has 1 aliphatic heterocycles. The molecule has 39 heavy (non-hydrogen) atoms. The molecule has 0 radical (unpaired) electrons. The maximum atomic E-state index is 13.3. The molecule has 1 saturated heterocycles. The van der Waals surface area contributed by atoms with E-state index in [1.165, 1.54) is 15.9 Å². The zero-order chi connectivity index (χ0) is 28.2. The van der Waals surface area contributed by atoms with Crippen LogP contribution >= 0.6 is 0 Å². The van der Waals surface area contributed by atoms with Gasteiger partial charge in [-0.1, -0.05) is 30.3 Å². The summed E-state index contributed by atoms with van der Waals surface area (Å²) < 4.78 is 10.8. The molecule has 0 bridgehead atoms. The maximum absolute atomic E-state index is 13.3. The number of pyridine rings is 1. The lowest BCUT2D eigenvalue weighted by Crippen LogP contribution is -2.56. The standard InChI is InChI=1S/C27H35N5O7/c1-2-38-27(37)32-14-12-31(13-15-32)26(36)21(9-10-24(33)34)30-25(35)23-18-20(39-16-6-11-28)17-22(29-23)19-7-4-3-5-8-19/h3-5,7-8,17-18,21H,2,6,9-16,28H2,1H3,(H,30,35)(H,33,34)/t21-/m0/s1. The van der Waals surface area contributed by atoms with Crippen molar-refractivity contribution in [1.29, 1.82) is 0 Å². The van der Waals surface area contributed by atoms with E-state index in [2.05, 4.69) is 10.3 Å². The summed E-state index contributed by atoms with van der Waals surface area (Å²) >= 11 is 0. The number of nitrogens with two attached hydrogens (primary N) is 1. The normalized spacial score (nSPS) is 13.9. The minimum Gasteiger partial charge on any atom is -0.493 e. The maximum Gasteiger partial charge on any atom is 0.409 e. The third-order valence-electron chi connectivity index (χ3n) is 6.09. The van der Waals surface area contributed by atoms with Crippen molar-refractivity contribution >= 4 is 23.9 Å². The Morgan fingerprint density at radius 2 is 1.77 bits per heavy atom. The van der Waals surface area contributed by atoms with Gasteiger partial charge >= 0.3 is 12.1 Å². The summed E-state index contributed by atoms with van der Waals surface area (Å²) in [5, 5.41) is 11.9. The van der Waals surface area contributed by atoms with Crippen LogP contribution in [0.2, 0.25) is 0 Å². The Balaban J connectivity index is 1.78. The molecule has 1 fully saturated rings. The summed E-state index contributed by atoms with van der Waals surface area (Å²) in [5.74, 6) is -1.72. The molecule has 1 atom stereocenters. The lowest BCUT2D eigenvalue weighted by molar-refractivity contribution is -0.138. The van der Waals surface area contributed by atoms with E-state index in [0.29, 0.717) is 31.0 Å². The SMILES string of the molecule is CCOC(=O)N1CCN(C(=O)[C@H](CCC(=O)O)NC(=O)c2cc(OCCCN)cc(-c3ccccc3)n2)CC1. The smallest absolute Gasteiger partial charge is 0.409 e. The van der Waals surface area contributed by atoms with E-state index >= 15 is 0 Å². The molecular formula is C27H35N5O7. The Labute approximate surface area is 227 Å². The third kappa shape index (κ3) is 8.67. The molecular weight excluding hydrogens is 506 g/mol. The number of aliphatic carboxylic acids is 1. The average molecular weight is 542 g/mol. The van der Waals surface area contributed by atoms with Gasteiger partial charge in [-0.05, 0) is 26.3 Å². The molecule has 1 aromatic carbocycles. The molecule has 210 valence electrons. The van der Waals surface area contributed by atoms with Crippen LogP contribution in [0.4, 0.5) is 4.79 Å².